The SMILES string of the molecule is C1=CC(N(c2ccc(-c3ccccc3)cc2)c2ccc(-c3ccccc3-c3ccc(-n4c5ccccc5c5cc6ccccc6cc54)cc3)cc2)=CCC1. The van der Waals surface area contributed by atoms with Crippen LogP contribution in [0.1, 0.15) is 12.8 Å². The zero-order valence-electron chi connectivity index (χ0n) is 29.9. The summed E-state index contributed by atoms with van der Waals surface area (Å²) in [5, 5.41) is 5.07. The highest BCUT2D eigenvalue weighted by atomic mass is 15.1. The summed E-state index contributed by atoms with van der Waals surface area (Å²) in [6.45, 7) is 0. The Bertz CT molecular complexity index is 2840. The molecule has 1 heterocycles. The molecule has 0 N–H and O–H groups in total. The first-order chi connectivity index (χ1) is 26.8. The molecule has 0 fully saturated rings. The molecule has 2 heteroatoms. The molecule has 0 saturated heterocycles. The van der Waals surface area contributed by atoms with E-state index in [9.17, 15) is 0 Å². The minimum atomic E-state index is 1.04. The van der Waals surface area contributed by atoms with Crippen LogP contribution in [0.5, 0.6) is 0 Å². The summed E-state index contributed by atoms with van der Waals surface area (Å²) in [5.41, 5.74) is 14.4. The Kier molecular flexibility index (Phi) is 8.00. The van der Waals surface area contributed by atoms with Gasteiger partial charge in [-0.15, -0.1) is 0 Å². The summed E-state index contributed by atoms with van der Waals surface area (Å²) in [7, 11) is 0. The van der Waals surface area contributed by atoms with Crippen LogP contribution in [0, 0.1) is 0 Å². The summed E-state index contributed by atoms with van der Waals surface area (Å²) in [6.07, 6.45) is 9.00. The molecule has 1 aromatic heterocycles. The molecule has 9 aromatic rings. The van der Waals surface area contributed by atoms with Crippen molar-refractivity contribution < 1.29 is 0 Å². The third kappa shape index (κ3) is 5.70. The van der Waals surface area contributed by atoms with Gasteiger partial charge in [0, 0.05) is 33.5 Å². The molecular formula is C52H38N2. The average Bonchev–Trinajstić information content (AvgIpc) is 3.57. The van der Waals surface area contributed by atoms with Crippen LogP contribution in [0.2, 0.25) is 0 Å². The van der Waals surface area contributed by atoms with Crippen molar-refractivity contribution in [1.82, 2.24) is 4.57 Å². The van der Waals surface area contributed by atoms with Crippen molar-refractivity contribution in [3.05, 3.63) is 212 Å². The van der Waals surface area contributed by atoms with Crippen molar-refractivity contribution in [3.63, 3.8) is 0 Å². The molecule has 0 aliphatic heterocycles. The van der Waals surface area contributed by atoms with Gasteiger partial charge in [0.25, 0.3) is 0 Å². The second-order valence-electron chi connectivity index (χ2n) is 14.1. The first kappa shape index (κ1) is 31.8. The van der Waals surface area contributed by atoms with Gasteiger partial charge < -0.3 is 9.47 Å². The first-order valence-electron chi connectivity index (χ1n) is 18.8. The summed E-state index contributed by atoms with van der Waals surface area (Å²) < 4.78 is 2.41. The van der Waals surface area contributed by atoms with Crippen molar-refractivity contribution in [1.29, 1.82) is 0 Å². The number of rotatable bonds is 7. The minimum absolute atomic E-state index is 1.04. The zero-order chi connectivity index (χ0) is 35.8. The van der Waals surface area contributed by atoms with Crippen molar-refractivity contribution >= 4 is 44.0 Å². The van der Waals surface area contributed by atoms with Gasteiger partial charge in [0.2, 0.25) is 0 Å². The number of fused-ring (bicyclic) bond motifs is 4. The third-order valence-corrected chi connectivity index (χ3v) is 10.8. The van der Waals surface area contributed by atoms with E-state index >= 15 is 0 Å². The number of para-hydroxylation sites is 1. The molecule has 2 nitrogen and oxygen atoms in total. The Morgan fingerprint density at radius 2 is 0.963 bits per heavy atom. The largest absolute Gasteiger partial charge is 0.311 e. The van der Waals surface area contributed by atoms with Crippen LogP contribution in [0.25, 0.3) is 71.6 Å². The van der Waals surface area contributed by atoms with E-state index in [-0.39, 0.29) is 0 Å². The molecule has 0 unspecified atom stereocenters. The lowest BCUT2D eigenvalue weighted by Crippen LogP contribution is -2.16. The summed E-state index contributed by atoms with van der Waals surface area (Å²) in [5.74, 6) is 0. The topological polar surface area (TPSA) is 8.17 Å². The maximum atomic E-state index is 2.41. The van der Waals surface area contributed by atoms with Gasteiger partial charge in [-0.3, -0.25) is 0 Å². The number of allylic oxidation sites excluding steroid dienone is 3. The van der Waals surface area contributed by atoms with E-state index in [2.05, 4.69) is 216 Å². The number of hydrogen-bond acceptors (Lipinski definition) is 1. The van der Waals surface area contributed by atoms with Crippen LogP contribution < -0.4 is 4.90 Å². The Morgan fingerprint density at radius 1 is 0.407 bits per heavy atom. The van der Waals surface area contributed by atoms with E-state index in [1.165, 1.54) is 71.7 Å². The highest BCUT2D eigenvalue weighted by molar-refractivity contribution is 6.13. The van der Waals surface area contributed by atoms with Gasteiger partial charge in [-0.05, 0) is 118 Å². The van der Waals surface area contributed by atoms with Crippen LogP contribution >= 0.6 is 0 Å². The molecule has 1 aliphatic rings. The summed E-state index contributed by atoms with van der Waals surface area (Å²) >= 11 is 0. The highest BCUT2D eigenvalue weighted by Crippen LogP contribution is 2.39. The normalized spacial score (nSPS) is 12.7. The van der Waals surface area contributed by atoms with Crippen molar-refractivity contribution in [3.8, 4) is 39.1 Å². The smallest absolute Gasteiger partial charge is 0.0547 e. The lowest BCUT2D eigenvalue weighted by atomic mass is 9.94. The van der Waals surface area contributed by atoms with E-state index in [1.807, 2.05) is 0 Å². The Hall–Kier alpha value is -6.90. The molecule has 8 aromatic carbocycles. The Labute approximate surface area is 316 Å². The molecule has 0 bridgehead atoms. The van der Waals surface area contributed by atoms with Crippen molar-refractivity contribution in [2.45, 2.75) is 12.8 Å². The number of benzene rings is 8. The van der Waals surface area contributed by atoms with E-state index in [0.29, 0.717) is 0 Å². The van der Waals surface area contributed by atoms with Gasteiger partial charge in [-0.25, -0.2) is 0 Å². The molecule has 0 amide bonds. The monoisotopic (exact) mass is 690 g/mol. The number of aromatic nitrogens is 1. The molecule has 0 atom stereocenters. The van der Waals surface area contributed by atoms with Gasteiger partial charge in [0.15, 0.2) is 0 Å². The second-order valence-corrected chi connectivity index (χ2v) is 14.1. The predicted octanol–water partition coefficient (Wildman–Crippen LogP) is 14.3. The first-order valence-corrected chi connectivity index (χ1v) is 18.8. The standard InChI is InChI=1S/C52H38N2/c1-3-13-37(14-4-1)38-23-29-44(30-24-38)53(43-17-5-2-6-18-43)45-31-25-39(26-32-45)47-19-9-10-20-48(47)40-27-33-46(34-28-40)54-51-22-12-11-21-49(51)50-35-41-15-7-8-16-42(41)36-52(50)54/h1,3-5,7-36H,2,6H2. The fourth-order valence-electron chi connectivity index (χ4n) is 8.15. The maximum absolute atomic E-state index is 2.41. The van der Waals surface area contributed by atoms with Gasteiger partial charge >= 0.3 is 0 Å². The van der Waals surface area contributed by atoms with Crippen molar-refractivity contribution in [2.75, 3.05) is 4.90 Å². The maximum Gasteiger partial charge on any atom is 0.0547 e. The Morgan fingerprint density at radius 3 is 1.63 bits per heavy atom. The lowest BCUT2D eigenvalue weighted by Gasteiger charge is -2.28. The average molecular weight is 691 g/mol. The quantitative estimate of drug-likeness (QED) is 0.162. The van der Waals surface area contributed by atoms with E-state index in [0.717, 1.165) is 29.9 Å². The highest BCUT2D eigenvalue weighted by Gasteiger charge is 2.17. The predicted molar refractivity (Wildman–Crippen MR) is 230 cm³/mol. The van der Waals surface area contributed by atoms with Crippen molar-refractivity contribution in [2.24, 2.45) is 0 Å². The van der Waals surface area contributed by atoms with E-state index in [1.54, 1.807) is 0 Å². The zero-order valence-corrected chi connectivity index (χ0v) is 29.9. The lowest BCUT2D eigenvalue weighted by molar-refractivity contribution is 0.997. The molecule has 54 heavy (non-hydrogen) atoms. The summed E-state index contributed by atoms with van der Waals surface area (Å²) in [4.78, 5) is 2.37. The summed E-state index contributed by atoms with van der Waals surface area (Å²) in [6, 6.07) is 68.4. The molecule has 0 radical (unpaired) electrons. The fraction of sp³-hybridized carbons (Fsp3) is 0.0385. The van der Waals surface area contributed by atoms with Crippen LogP contribution in [-0.2, 0) is 0 Å². The van der Waals surface area contributed by atoms with Gasteiger partial charge in [0.1, 0.15) is 0 Å². The van der Waals surface area contributed by atoms with Crippen LogP contribution in [0.4, 0.5) is 11.4 Å². The van der Waals surface area contributed by atoms with E-state index in [4.69, 9.17) is 0 Å². The molecule has 256 valence electrons. The third-order valence-electron chi connectivity index (χ3n) is 10.8. The number of nitrogens with zero attached hydrogens (tertiary/aromatic N) is 2. The van der Waals surface area contributed by atoms with E-state index < -0.39 is 0 Å². The molecule has 1 aliphatic carbocycles. The molecule has 0 spiro atoms. The van der Waals surface area contributed by atoms with Crippen LogP contribution in [-0.4, -0.2) is 4.57 Å². The molecule has 0 saturated carbocycles. The number of hydrogen-bond donors (Lipinski definition) is 0. The Balaban J connectivity index is 0.992. The molecule has 10 rings (SSSR count). The van der Waals surface area contributed by atoms with Crippen LogP contribution in [0.3, 0.4) is 0 Å². The number of anilines is 2. The van der Waals surface area contributed by atoms with Gasteiger partial charge in [0.05, 0.1) is 11.0 Å². The van der Waals surface area contributed by atoms with Gasteiger partial charge in [-0.2, -0.15) is 0 Å². The molecular weight excluding hydrogens is 653 g/mol. The van der Waals surface area contributed by atoms with Gasteiger partial charge in [-0.1, -0.05) is 146 Å². The fourth-order valence-corrected chi connectivity index (χ4v) is 8.15. The second kappa shape index (κ2) is 13.6. The van der Waals surface area contributed by atoms with Crippen LogP contribution in [0.15, 0.2) is 212 Å². The minimum Gasteiger partial charge on any atom is -0.311 e.